The van der Waals surface area contributed by atoms with E-state index in [0.717, 1.165) is 65.4 Å². The van der Waals surface area contributed by atoms with Crippen molar-refractivity contribution in [2.75, 3.05) is 0 Å². The number of halogens is 2. The van der Waals surface area contributed by atoms with Crippen molar-refractivity contribution in [3.8, 4) is 66.8 Å². The maximum absolute atomic E-state index is 4.67. The van der Waals surface area contributed by atoms with E-state index in [0.29, 0.717) is 0 Å². The third kappa shape index (κ3) is 11.3. The summed E-state index contributed by atoms with van der Waals surface area (Å²) in [7, 11) is 0. The minimum atomic E-state index is 0. The summed E-state index contributed by atoms with van der Waals surface area (Å²) in [6.45, 7) is 0. The molecule has 15 aromatic rings. The largest absolute Gasteiger partial charge is 2.00 e. The molecular formula is C72H50Cl2N6ORu. The van der Waals surface area contributed by atoms with E-state index < -0.39 is 0 Å². The van der Waals surface area contributed by atoms with Crippen LogP contribution in [0.4, 0.5) is 0 Å². The van der Waals surface area contributed by atoms with Gasteiger partial charge in [0.25, 0.3) is 0 Å². The third-order valence-corrected chi connectivity index (χ3v) is 14.4. The molecule has 0 aliphatic carbocycles. The Morgan fingerprint density at radius 2 is 0.305 bits per heavy atom. The van der Waals surface area contributed by atoms with Gasteiger partial charge < -0.3 is 30.3 Å². The van der Waals surface area contributed by atoms with Gasteiger partial charge in [-0.25, -0.2) is 0 Å². The number of nitrogens with zero attached hydrogens (tertiary/aromatic N) is 6. The molecule has 0 saturated heterocycles. The van der Waals surface area contributed by atoms with Gasteiger partial charge in [-0.1, -0.05) is 218 Å². The first-order valence-corrected chi connectivity index (χ1v) is 26.1. The van der Waals surface area contributed by atoms with Gasteiger partial charge in [-0.2, -0.15) is 0 Å². The average molecular weight is 1190 g/mol. The van der Waals surface area contributed by atoms with Crippen LogP contribution in [-0.2, 0) is 19.5 Å². The number of hydrogen-bond acceptors (Lipinski definition) is 6. The number of hydrogen-bond donors (Lipinski definition) is 0. The molecule has 0 amide bonds. The zero-order chi connectivity index (χ0) is 52.0. The van der Waals surface area contributed by atoms with Crippen LogP contribution in [0.15, 0.2) is 292 Å². The molecule has 10 heteroatoms. The fourth-order valence-electron chi connectivity index (χ4n) is 10.7. The molecule has 82 heavy (non-hydrogen) atoms. The van der Waals surface area contributed by atoms with Gasteiger partial charge in [0.05, 0.1) is 33.1 Å². The molecule has 2 N–H and O–H groups in total. The Bertz CT molecular complexity index is 3840. The van der Waals surface area contributed by atoms with Crippen molar-refractivity contribution in [3.05, 3.63) is 292 Å². The van der Waals surface area contributed by atoms with Crippen molar-refractivity contribution in [1.82, 2.24) is 29.9 Å². The number of aromatic nitrogens is 6. The van der Waals surface area contributed by atoms with Crippen molar-refractivity contribution in [2.24, 2.45) is 0 Å². The van der Waals surface area contributed by atoms with E-state index in [-0.39, 0.29) is 49.8 Å². The van der Waals surface area contributed by atoms with Crippen molar-refractivity contribution >= 4 is 65.4 Å². The first-order chi connectivity index (χ1) is 38.7. The summed E-state index contributed by atoms with van der Waals surface area (Å²) in [5, 5.41) is 6.77. The van der Waals surface area contributed by atoms with Crippen LogP contribution in [0.2, 0.25) is 0 Å². The normalized spacial score (nSPS) is 10.5. The molecule has 0 atom stereocenters. The predicted octanol–water partition coefficient (Wildman–Crippen LogP) is 11.5. The van der Waals surface area contributed by atoms with Crippen LogP contribution in [0.1, 0.15) is 0 Å². The van der Waals surface area contributed by atoms with Gasteiger partial charge in [-0.05, 0) is 103 Å². The first kappa shape index (κ1) is 57.3. The standard InChI is InChI=1S/3C24H16N2.2ClH.H2O.Ru/c3*1-3-7-17(8-4-1)19-13-15-25-23-21(19)11-12-22-20(14-16-26-24(22)23)18-9-5-2-6-10-18;;;;/h3*1-16H;2*1H;1H2;/q;;;;;;+2/p-2. The molecule has 15 rings (SSSR count). The molecule has 7 nitrogen and oxygen atoms in total. The fraction of sp³-hybridized carbons (Fsp3) is 0. The van der Waals surface area contributed by atoms with E-state index in [2.05, 4.69) is 248 Å². The van der Waals surface area contributed by atoms with Crippen molar-refractivity contribution in [3.63, 3.8) is 0 Å². The Balaban J connectivity index is 0.000000145. The second-order valence-electron chi connectivity index (χ2n) is 18.9. The summed E-state index contributed by atoms with van der Waals surface area (Å²) in [6.07, 6.45) is 11.3. The quantitative estimate of drug-likeness (QED) is 0.121. The van der Waals surface area contributed by atoms with Crippen molar-refractivity contribution in [2.45, 2.75) is 0 Å². The Morgan fingerprint density at radius 3 is 0.439 bits per heavy atom. The van der Waals surface area contributed by atoms with Crippen LogP contribution in [0.3, 0.4) is 0 Å². The van der Waals surface area contributed by atoms with Crippen LogP contribution in [0.5, 0.6) is 0 Å². The zero-order valence-electron chi connectivity index (χ0n) is 44.0. The summed E-state index contributed by atoms with van der Waals surface area (Å²) in [6, 6.07) is 88.0. The average Bonchev–Trinajstić information content (AvgIpc) is 3.65. The molecule has 0 spiro atoms. The minimum Gasteiger partial charge on any atom is -1.00 e. The molecular weight excluding hydrogens is 1140 g/mol. The maximum atomic E-state index is 4.67. The number of rotatable bonds is 6. The summed E-state index contributed by atoms with van der Waals surface area (Å²) in [4.78, 5) is 28.0. The molecule has 9 aromatic carbocycles. The van der Waals surface area contributed by atoms with Crippen LogP contribution < -0.4 is 24.8 Å². The van der Waals surface area contributed by atoms with E-state index >= 15 is 0 Å². The third-order valence-electron chi connectivity index (χ3n) is 14.4. The van der Waals surface area contributed by atoms with Gasteiger partial charge in [-0.15, -0.1) is 0 Å². The molecule has 0 radical (unpaired) electrons. The van der Waals surface area contributed by atoms with Gasteiger partial charge in [0.15, 0.2) is 0 Å². The second kappa shape index (κ2) is 26.3. The van der Waals surface area contributed by atoms with Gasteiger partial charge in [0, 0.05) is 69.5 Å². The summed E-state index contributed by atoms with van der Waals surface area (Å²) in [5.41, 5.74) is 19.9. The van der Waals surface area contributed by atoms with Crippen molar-refractivity contribution in [1.29, 1.82) is 0 Å². The minimum absolute atomic E-state index is 0. The van der Waals surface area contributed by atoms with Crippen molar-refractivity contribution < 1.29 is 49.8 Å². The van der Waals surface area contributed by atoms with Gasteiger partial charge in [0.2, 0.25) is 0 Å². The van der Waals surface area contributed by atoms with E-state index in [1.807, 2.05) is 73.6 Å². The molecule has 0 aliphatic heterocycles. The topological polar surface area (TPSA) is 109 Å². The summed E-state index contributed by atoms with van der Waals surface area (Å²) < 4.78 is 0. The van der Waals surface area contributed by atoms with Gasteiger partial charge in [0.1, 0.15) is 0 Å². The van der Waals surface area contributed by atoms with Crippen LogP contribution >= 0.6 is 0 Å². The number of pyridine rings is 6. The van der Waals surface area contributed by atoms with Crippen LogP contribution in [0, 0.1) is 0 Å². The second-order valence-corrected chi connectivity index (χ2v) is 18.9. The first-order valence-electron chi connectivity index (χ1n) is 26.1. The Morgan fingerprint density at radius 1 is 0.171 bits per heavy atom. The SMILES string of the molecule is O.[Cl-].[Cl-].[Ru+2].c1ccc(-c2ccnc3c2ccc2c(-c4ccccc4)ccnc23)cc1.c1ccc(-c2ccnc3c2ccc2c(-c4ccccc4)ccnc23)cc1.c1ccc(-c2ccnc3c2ccc2c(-c4ccccc4)ccnc23)cc1. The molecule has 0 saturated carbocycles. The number of fused-ring (bicyclic) bond motifs is 9. The molecule has 0 bridgehead atoms. The Hall–Kier alpha value is -9.40. The molecule has 396 valence electrons. The van der Waals surface area contributed by atoms with Gasteiger partial charge in [-0.3, -0.25) is 29.9 Å². The molecule has 0 aliphatic rings. The molecule has 0 unspecified atom stereocenters. The van der Waals surface area contributed by atoms with Crippen LogP contribution in [-0.4, -0.2) is 35.4 Å². The van der Waals surface area contributed by atoms with E-state index in [1.54, 1.807) is 0 Å². The fourth-order valence-corrected chi connectivity index (χ4v) is 10.7. The number of benzene rings is 9. The molecule has 6 heterocycles. The molecule has 6 aromatic heterocycles. The van der Waals surface area contributed by atoms with Gasteiger partial charge >= 0.3 is 19.5 Å². The maximum Gasteiger partial charge on any atom is 2.00 e. The predicted molar refractivity (Wildman–Crippen MR) is 327 cm³/mol. The van der Waals surface area contributed by atoms with E-state index in [1.165, 1.54) is 66.8 Å². The Kier molecular flexibility index (Phi) is 18.3. The van der Waals surface area contributed by atoms with Crippen LogP contribution in [0.25, 0.3) is 132 Å². The summed E-state index contributed by atoms with van der Waals surface area (Å²) >= 11 is 0. The summed E-state index contributed by atoms with van der Waals surface area (Å²) in [5.74, 6) is 0. The van der Waals surface area contributed by atoms with E-state index in [4.69, 9.17) is 0 Å². The van der Waals surface area contributed by atoms with E-state index in [9.17, 15) is 0 Å². The molecule has 0 fully saturated rings. The smallest absolute Gasteiger partial charge is 1.00 e. The zero-order valence-corrected chi connectivity index (χ0v) is 47.3. The Labute approximate surface area is 500 Å². The monoisotopic (exact) mass is 1190 g/mol.